The molecule has 4 aromatic rings. The number of halogens is 1. The van der Waals surface area contributed by atoms with Crippen molar-refractivity contribution in [2.24, 2.45) is 4.99 Å². The van der Waals surface area contributed by atoms with Gasteiger partial charge in [-0.1, -0.05) is 42.0 Å². The van der Waals surface area contributed by atoms with Crippen LogP contribution in [-0.2, 0) is 14.3 Å². The molecule has 13 heteroatoms. The number of carbonyl (C=O) groups excluding carboxylic acids is 4. The molecular weight excluding hydrogens is 726 g/mol. The van der Waals surface area contributed by atoms with E-state index < -0.39 is 23.9 Å². The third kappa shape index (κ3) is 7.34. The Bertz CT molecular complexity index is 2190. The Kier molecular flexibility index (Phi) is 11.1. The molecule has 2 aromatic carbocycles. The number of aliphatic imine (C=N–C) groups is 1. The molecule has 1 aliphatic carbocycles. The number of unbranched alkanes of at least 4 members (excludes halogenated alkanes) is 1. The maximum Gasteiger partial charge on any atom is 0.266 e. The lowest BCUT2D eigenvalue weighted by Gasteiger charge is -2.29. The summed E-state index contributed by atoms with van der Waals surface area (Å²) in [5.41, 5.74) is 5.21. The van der Waals surface area contributed by atoms with E-state index in [2.05, 4.69) is 35.2 Å². The number of benzene rings is 2. The summed E-state index contributed by atoms with van der Waals surface area (Å²) in [5.74, 6) is 0.725. The lowest BCUT2D eigenvalue weighted by Crippen LogP contribution is -2.46. The van der Waals surface area contributed by atoms with Crippen molar-refractivity contribution < 1.29 is 28.7 Å². The van der Waals surface area contributed by atoms with E-state index in [0.717, 1.165) is 43.7 Å². The number of allylic oxidation sites excluding steroid dienone is 1. The third-order valence-corrected chi connectivity index (χ3v) is 11.7. The van der Waals surface area contributed by atoms with E-state index in [1.54, 1.807) is 29.5 Å². The van der Waals surface area contributed by atoms with Gasteiger partial charge in [-0.2, -0.15) is 0 Å². The van der Waals surface area contributed by atoms with Crippen molar-refractivity contribution >= 4 is 52.0 Å². The lowest BCUT2D eigenvalue weighted by atomic mass is 9.89. The lowest BCUT2D eigenvalue weighted by molar-refractivity contribution is -0.123. The highest BCUT2D eigenvalue weighted by molar-refractivity contribution is 7.15. The largest absolute Gasteiger partial charge is 0.493 e. The van der Waals surface area contributed by atoms with Crippen molar-refractivity contribution in [2.75, 3.05) is 19.8 Å². The van der Waals surface area contributed by atoms with Crippen LogP contribution in [0.25, 0.3) is 5.00 Å². The number of ketones is 2. The summed E-state index contributed by atoms with van der Waals surface area (Å²) in [7, 11) is 0. The molecule has 1 unspecified atom stereocenters. The van der Waals surface area contributed by atoms with E-state index in [4.69, 9.17) is 26.1 Å². The maximum atomic E-state index is 13.4. The molecule has 3 aliphatic rings. The molecule has 1 fully saturated rings. The monoisotopic (exact) mass is 767 g/mol. The van der Waals surface area contributed by atoms with Crippen molar-refractivity contribution in [3.8, 4) is 10.8 Å². The van der Waals surface area contributed by atoms with Crippen molar-refractivity contribution in [1.82, 2.24) is 19.7 Å². The van der Waals surface area contributed by atoms with Gasteiger partial charge in [0, 0.05) is 59.9 Å². The Labute approximate surface area is 323 Å². The third-order valence-electron chi connectivity index (χ3n) is 10.3. The minimum atomic E-state index is -0.771. The number of aromatic nitrogens is 3. The van der Waals surface area contributed by atoms with Gasteiger partial charge in [-0.15, -0.1) is 21.5 Å². The fourth-order valence-corrected chi connectivity index (χ4v) is 8.66. The van der Waals surface area contributed by atoms with Crippen LogP contribution < -0.4 is 4.74 Å². The summed E-state index contributed by atoms with van der Waals surface area (Å²) in [5, 5.41) is 10.5. The normalized spacial score (nSPS) is 18.0. The van der Waals surface area contributed by atoms with E-state index in [0.29, 0.717) is 68.3 Å². The zero-order valence-corrected chi connectivity index (χ0v) is 32.2. The minimum absolute atomic E-state index is 0.0956. The first-order valence-corrected chi connectivity index (χ1v) is 19.5. The number of aryl methyl sites for hydroxylation is 2. The predicted molar refractivity (Wildman–Crippen MR) is 206 cm³/mol. The average molecular weight is 768 g/mol. The summed E-state index contributed by atoms with van der Waals surface area (Å²) < 4.78 is 13.8. The van der Waals surface area contributed by atoms with Gasteiger partial charge in [0.1, 0.15) is 28.4 Å². The molecule has 54 heavy (non-hydrogen) atoms. The molecule has 0 radical (unpaired) electrons. The van der Waals surface area contributed by atoms with Gasteiger partial charge in [0.25, 0.3) is 11.8 Å². The fourth-order valence-electron chi connectivity index (χ4n) is 7.32. The second-order valence-electron chi connectivity index (χ2n) is 14.0. The van der Waals surface area contributed by atoms with Gasteiger partial charge in [0.2, 0.25) is 0 Å². The number of thiophene rings is 1. The minimum Gasteiger partial charge on any atom is -0.493 e. The second-order valence-corrected chi connectivity index (χ2v) is 15.7. The number of amides is 2. The highest BCUT2D eigenvalue weighted by Gasteiger charge is 2.45. The Morgan fingerprint density at radius 2 is 1.74 bits per heavy atom. The highest BCUT2D eigenvalue weighted by atomic mass is 35.5. The van der Waals surface area contributed by atoms with Crippen molar-refractivity contribution in [3.05, 3.63) is 104 Å². The molecule has 0 saturated heterocycles. The topological polar surface area (TPSA) is 133 Å². The van der Waals surface area contributed by atoms with E-state index in [1.807, 2.05) is 31.2 Å². The van der Waals surface area contributed by atoms with Gasteiger partial charge in [0.05, 0.1) is 29.5 Å². The summed E-state index contributed by atoms with van der Waals surface area (Å²) >= 11 is 7.90. The van der Waals surface area contributed by atoms with Crippen LogP contribution in [0.5, 0.6) is 5.75 Å². The van der Waals surface area contributed by atoms with Gasteiger partial charge in [0.15, 0.2) is 11.6 Å². The Morgan fingerprint density at radius 3 is 2.52 bits per heavy atom. The van der Waals surface area contributed by atoms with Crippen molar-refractivity contribution in [1.29, 1.82) is 0 Å². The Hall–Kier alpha value is -4.78. The molecular formula is C41H42ClN5O6S. The average Bonchev–Trinajstić information content (AvgIpc) is 3.72. The highest BCUT2D eigenvalue weighted by Crippen LogP contribution is 2.40. The van der Waals surface area contributed by atoms with Crippen LogP contribution in [-0.4, -0.2) is 74.6 Å². The molecule has 0 bridgehead atoms. The smallest absolute Gasteiger partial charge is 0.266 e. The van der Waals surface area contributed by atoms with Crippen LogP contribution in [0.4, 0.5) is 0 Å². The van der Waals surface area contributed by atoms with E-state index in [9.17, 15) is 19.2 Å². The molecule has 4 heterocycles. The van der Waals surface area contributed by atoms with Crippen LogP contribution in [0.1, 0.15) is 111 Å². The molecule has 7 rings (SSSR count). The second kappa shape index (κ2) is 15.9. The summed E-state index contributed by atoms with van der Waals surface area (Å²) in [4.78, 5) is 60.0. The summed E-state index contributed by atoms with van der Waals surface area (Å²) in [6.07, 6.45) is 3.74. The van der Waals surface area contributed by atoms with Crippen LogP contribution in [0.3, 0.4) is 0 Å². The summed E-state index contributed by atoms with van der Waals surface area (Å²) in [6, 6.07) is 11.3. The number of carbonyl (C=O) groups is 4. The number of rotatable bonds is 14. The molecule has 280 valence electrons. The fraction of sp³-hybridized carbons (Fsp3) is 0.390. The van der Waals surface area contributed by atoms with Gasteiger partial charge in [-0.05, 0) is 76.3 Å². The number of fused-ring (bicyclic) bond motifs is 4. The van der Waals surface area contributed by atoms with Gasteiger partial charge in [-0.25, -0.2) is 0 Å². The summed E-state index contributed by atoms with van der Waals surface area (Å²) in [6.45, 7) is 11.2. The number of nitrogens with zero attached hydrogens (tertiary/aromatic N) is 5. The van der Waals surface area contributed by atoms with Gasteiger partial charge < -0.3 is 9.47 Å². The van der Waals surface area contributed by atoms with Gasteiger partial charge in [-0.3, -0.25) is 33.6 Å². The zero-order chi connectivity index (χ0) is 38.1. The number of Topliss-reactive ketones (excluding diaryl/α,β-unsaturated/α-hetero) is 2. The maximum absolute atomic E-state index is 13.4. The number of ether oxygens (including phenoxy) is 2. The standard InChI is InChI=1S/C41H42ClN5O6S/c1-23-12-17-32(33(49)21-23)47-39(50)30-10-7-11-34(36(30)40(47)51)53-20-8-19-52-18-6-5-9-29(48)22-31-38-45-44-26(4)46(38)41-35(24(2)25(3)54-41)37(43-31)27-13-15-28(42)16-14-27/h7,10-11,13-16,31-32H,1,5-6,8-9,12,17-22H2,2-4H3/t31-,32?/m0/s1. The predicted octanol–water partition coefficient (Wildman–Crippen LogP) is 7.69. The zero-order valence-electron chi connectivity index (χ0n) is 30.7. The molecule has 0 N–H and O–H groups in total. The molecule has 11 nitrogen and oxygen atoms in total. The number of hydrogen-bond donors (Lipinski definition) is 0. The number of imide groups is 1. The van der Waals surface area contributed by atoms with E-state index in [-0.39, 0.29) is 42.1 Å². The molecule has 0 spiro atoms. The molecule has 2 aromatic heterocycles. The number of hydrogen-bond acceptors (Lipinski definition) is 10. The first-order valence-electron chi connectivity index (χ1n) is 18.3. The molecule has 1 saturated carbocycles. The SMILES string of the molecule is C=C1CCC(N2C(=O)c3cccc(OCCCOCCCCC(=O)C[C@@H]4N=C(c5ccc(Cl)cc5)c5c(sc(C)c5C)-n5c(C)nnc54)c3C2=O)C(=O)C1. The molecule has 2 amide bonds. The first kappa shape index (κ1) is 37.5. The van der Waals surface area contributed by atoms with Crippen LogP contribution in [0.15, 0.2) is 59.6 Å². The molecule has 2 aliphatic heterocycles. The van der Waals surface area contributed by atoms with Crippen molar-refractivity contribution in [3.63, 3.8) is 0 Å². The van der Waals surface area contributed by atoms with E-state index in [1.165, 1.54) is 4.88 Å². The molecule has 2 atom stereocenters. The van der Waals surface area contributed by atoms with E-state index >= 15 is 0 Å². The first-order chi connectivity index (χ1) is 26.0. The Balaban J connectivity index is 0.889. The quantitative estimate of drug-likeness (QED) is 0.0725. The van der Waals surface area contributed by atoms with Gasteiger partial charge >= 0.3 is 0 Å². The van der Waals surface area contributed by atoms with Crippen molar-refractivity contribution in [2.45, 2.75) is 84.2 Å². The van der Waals surface area contributed by atoms with Crippen LogP contribution >= 0.6 is 22.9 Å². The Morgan fingerprint density at radius 1 is 0.963 bits per heavy atom. The van der Waals surface area contributed by atoms with Crippen LogP contribution in [0.2, 0.25) is 5.02 Å². The van der Waals surface area contributed by atoms with Crippen LogP contribution in [0, 0.1) is 20.8 Å².